The van der Waals surface area contributed by atoms with Crippen molar-refractivity contribution in [3.05, 3.63) is 24.0 Å². The summed E-state index contributed by atoms with van der Waals surface area (Å²) in [4.78, 5) is 11.6. The van der Waals surface area contributed by atoms with Gasteiger partial charge in [-0.25, -0.2) is 0 Å². The SMILES string of the molecule is C[C@H](N)C(=O)C1(N)C=CC=C(O)C1O. The summed E-state index contributed by atoms with van der Waals surface area (Å²) < 4.78 is 0. The Morgan fingerprint density at radius 2 is 2.29 bits per heavy atom. The Bertz CT molecular complexity index is 309. The smallest absolute Gasteiger partial charge is 0.176 e. The van der Waals surface area contributed by atoms with Gasteiger partial charge in [-0.3, -0.25) is 4.79 Å². The van der Waals surface area contributed by atoms with Gasteiger partial charge in [0.2, 0.25) is 0 Å². The van der Waals surface area contributed by atoms with Crippen LogP contribution in [-0.4, -0.2) is 33.7 Å². The van der Waals surface area contributed by atoms with Crippen LogP contribution < -0.4 is 11.5 Å². The van der Waals surface area contributed by atoms with Crippen molar-refractivity contribution in [2.24, 2.45) is 11.5 Å². The van der Waals surface area contributed by atoms with E-state index in [1.165, 1.54) is 25.2 Å². The molecule has 0 spiro atoms. The predicted molar refractivity (Wildman–Crippen MR) is 51.4 cm³/mol. The van der Waals surface area contributed by atoms with Crippen molar-refractivity contribution in [3.8, 4) is 0 Å². The molecule has 0 saturated heterocycles. The van der Waals surface area contributed by atoms with E-state index in [0.29, 0.717) is 0 Å². The van der Waals surface area contributed by atoms with Crippen molar-refractivity contribution in [3.63, 3.8) is 0 Å². The van der Waals surface area contributed by atoms with Crippen molar-refractivity contribution >= 4 is 5.78 Å². The number of Topliss-reactive ketones (excluding diaryl/α,β-unsaturated/α-hetero) is 1. The Labute approximate surface area is 81.7 Å². The molecule has 6 N–H and O–H groups in total. The van der Waals surface area contributed by atoms with Crippen LogP contribution >= 0.6 is 0 Å². The van der Waals surface area contributed by atoms with Crippen LogP contribution in [-0.2, 0) is 4.79 Å². The number of allylic oxidation sites excluding steroid dienone is 2. The number of rotatable bonds is 2. The predicted octanol–water partition coefficient (Wildman–Crippen LogP) is -1.03. The lowest BCUT2D eigenvalue weighted by Gasteiger charge is -2.32. The fraction of sp³-hybridized carbons (Fsp3) is 0.444. The molecule has 5 heteroatoms. The maximum Gasteiger partial charge on any atom is 0.176 e. The Hall–Kier alpha value is -1.17. The third kappa shape index (κ3) is 1.57. The van der Waals surface area contributed by atoms with Gasteiger partial charge in [0.05, 0.1) is 6.04 Å². The molecule has 0 aromatic carbocycles. The summed E-state index contributed by atoms with van der Waals surface area (Å²) in [6.45, 7) is 1.48. The number of hydrogen-bond donors (Lipinski definition) is 4. The Balaban J connectivity index is 3.02. The number of nitrogens with two attached hydrogens (primary N) is 2. The monoisotopic (exact) mass is 198 g/mol. The zero-order valence-corrected chi connectivity index (χ0v) is 7.84. The van der Waals surface area contributed by atoms with E-state index in [1.807, 2.05) is 0 Å². The van der Waals surface area contributed by atoms with E-state index in [4.69, 9.17) is 11.5 Å². The fourth-order valence-corrected chi connectivity index (χ4v) is 1.34. The molecule has 0 aromatic rings. The van der Waals surface area contributed by atoms with Gasteiger partial charge in [-0.05, 0) is 13.0 Å². The third-order valence-corrected chi connectivity index (χ3v) is 2.21. The minimum atomic E-state index is -1.62. The molecule has 0 amide bonds. The standard InChI is InChI=1S/C9H14N2O3/c1-5(10)7(13)9(11)4-2-3-6(12)8(9)14/h2-5,8,12,14H,10-11H2,1H3/t5-,8?,9?/m0/s1. The van der Waals surface area contributed by atoms with Crippen LogP contribution in [0.2, 0.25) is 0 Å². The van der Waals surface area contributed by atoms with Crippen LogP contribution in [0.3, 0.4) is 0 Å². The number of aliphatic hydroxyl groups is 2. The van der Waals surface area contributed by atoms with Gasteiger partial charge in [-0.1, -0.05) is 12.2 Å². The average molecular weight is 198 g/mol. The molecule has 78 valence electrons. The normalized spacial score (nSPS) is 33.7. The Kier molecular flexibility index (Phi) is 2.75. The highest BCUT2D eigenvalue weighted by molar-refractivity contribution is 5.95. The molecule has 5 nitrogen and oxygen atoms in total. The lowest BCUT2D eigenvalue weighted by Crippen LogP contribution is -2.61. The second kappa shape index (κ2) is 3.53. The first-order valence-corrected chi connectivity index (χ1v) is 4.25. The van der Waals surface area contributed by atoms with Gasteiger partial charge in [0, 0.05) is 0 Å². The summed E-state index contributed by atoms with van der Waals surface area (Å²) in [6.07, 6.45) is 2.61. The highest BCUT2D eigenvalue weighted by Gasteiger charge is 2.43. The number of ketones is 1. The van der Waals surface area contributed by atoms with Crippen LogP contribution in [0.15, 0.2) is 24.0 Å². The molecule has 1 aliphatic rings. The summed E-state index contributed by atoms with van der Waals surface area (Å²) in [5.41, 5.74) is 9.44. The number of aliphatic hydroxyl groups excluding tert-OH is 2. The number of carbonyl (C=O) groups is 1. The van der Waals surface area contributed by atoms with Gasteiger partial charge in [-0.15, -0.1) is 0 Å². The van der Waals surface area contributed by atoms with Crippen molar-refractivity contribution in [2.45, 2.75) is 24.6 Å². The molecule has 14 heavy (non-hydrogen) atoms. The summed E-state index contributed by atoms with van der Waals surface area (Å²) in [5, 5.41) is 18.8. The molecule has 3 atom stereocenters. The van der Waals surface area contributed by atoms with E-state index in [9.17, 15) is 15.0 Å². The second-order valence-corrected chi connectivity index (χ2v) is 3.44. The largest absolute Gasteiger partial charge is 0.509 e. The summed E-state index contributed by atoms with van der Waals surface area (Å²) in [7, 11) is 0. The van der Waals surface area contributed by atoms with Gasteiger partial charge in [-0.2, -0.15) is 0 Å². The van der Waals surface area contributed by atoms with Crippen LogP contribution in [0, 0.1) is 0 Å². The second-order valence-electron chi connectivity index (χ2n) is 3.44. The van der Waals surface area contributed by atoms with Crippen LogP contribution in [0.5, 0.6) is 0 Å². The lowest BCUT2D eigenvalue weighted by atomic mass is 9.82. The molecule has 2 unspecified atom stereocenters. The molecule has 1 aliphatic carbocycles. The molecule has 0 fully saturated rings. The minimum absolute atomic E-state index is 0.330. The molecule has 0 bridgehead atoms. The first-order valence-electron chi connectivity index (χ1n) is 4.25. The zero-order chi connectivity index (χ0) is 10.9. The van der Waals surface area contributed by atoms with Gasteiger partial charge in [0.1, 0.15) is 17.4 Å². The van der Waals surface area contributed by atoms with E-state index in [-0.39, 0.29) is 5.76 Å². The third-order valence-electron chi connectivity index (χ3n) is 2.21. The number of hydrogen-bond acceptors (Lipinski definition) is 5. The molecule has 0 aromatic heterocycles. The molecule has 0 saturated carbocycles. The van der Waals surface area contributed by atoms with E-state index < -0.39 is 23.5 Å². The van der Waals surface area contributed by atoms with Gasteiger partial charge in [0.25, 0.3) is 0 Å². The molecule has 0 radical (unpaired) electrons. The van der Waals surface area contributed by atoms with E-state index in [2.05, 4.69) is 0 Å². The topological polar surface area (TPSA) is 110 Å². The summed E-state index contributed by atoms with van der Waals surface area (Å²) in [6, 6.07) is -0.787. The van der Waals surface area contributed by atoms with E-state index in [0.717, 1.165) is 0 Å². The highest BCUT2D eigenvalue weighted by atomic mass is 16.3. The van der Waals surface area contributed by atoms with Crippen molar-refractivity contribution < 1.29 is 15.0 Å². The highest BCUT2D eigenvalue weighted by Crippen LogP contribution is 2.21. The Morgan fingerprint density at radius 3 is 2.79 bits per heavy atom. The molecule has 1 rings (SSSR count). The van der Waals surface area contributed by atoms with Gasteiger partial charge in [0.15, 0.2) is 5.78 Å². The molecule has 0 aliphatic heterocycles. The van der Waals surface area contributed by atoms with Crippen LogP contribution in [0.25, 0.3) is 0 Å². The van der Waals surface area contributed by atoms with Crippen molar-refractivity contribution in [2.75, 3.05) is 0 Å². The lowest BCUT2D eigenvalue weighted by molar-refractivity contribution is -0.126. The van der Waals surface area contributed by atoms with E-state index >= 15 is 0 Å². The summed E-state index contributed by atoms with van der Waals surface area (Å²) in [5.74, 6) is -0.843. The van der Waals surface area contributed by atoms with Crippen molar-refractivity contribution in [1.82, 2.24) is 0 Å². The maximum absolute atomic E-state index is 11.6. The Morgan fingerprint density at radius 1 is 1.71 bits per heavy atom. The first-order chi connectivity index (χ1) is 6.39. The fourth-order valence-electron chi connectivity index (χ4n) is 1.34. The first kappa shape index (κ1) is 10.9. The number of carbonyl (C=O) groups excluding carboxylic acids is 1. The van der Waals surface area contributed by atoms with Crippen molar-refractivity contribution in [1.29, 1.82) is 0 Å². The van der Waals surface area contributed by atoms with Crippen LogP contribution in [0.1, 0.15) is 6.92 Å². The zero-order valence-electron chi connectivity index (χ0n) is 7.84. The molecule has 0 heterocycles. The quantitative estimate of drug-likeness (QED) is 0.453. The van der Waals surface area contributed by atoms with Crippen LogP contribution in [0.4, 0.5) is 0 Å². The minimum Gasteiger partial charge on any atom is -0.509 e. The molecular weight excluding hydrogens is 184 g/mol. The molecular formula is C9H14N2O3. The van der Waals surface area contributed by atoms with Gasteiger partial charge < -0.3 is 21.7 Å². The maximum atomic E-state index is 11.6. The summed E-state index contributed by atoms with van der Waals surface area (Å²) >= 11 is 0. The average Bonchev–Trinajstić information content (AvgIpc) is 2.12. The van der Waals surface area contributed by atoms with E-state index in [1.54, 1.807) is 0 Å². The van der Waals surface area contributed by atoms with Gasteiger partial charge >= 0.3 is 0 Å².